The van der Waals surface area contributed by atoms with Gasteiger partial charge < -0.3 is 9.84 Å². The van der Waals surface area contributed by atoms with Crippen molar-refractivity contribution in [3.63, 3.8) is 0 Å². The molecule has 0 aliphatic heterocycles. The van der Waals surface area contributed by atoms with Crippen LogP contribution in [0.15, 0.2) is 18.2 Å². The topological polar surface area (TPSA) is 47.3 Å². The molecule has 0 aliphatic rings. The highest BCUT2D eigenvalue weighted by atomic mass is 16.5. The monoisotopic (exact) mass is 258 g/mol. The van der Waals surface area contributed by atoms with Crippen LogP contribution in [0.2, 0.25) is 0 Å². The van der Waals surface area contributed by atoms with E-state index in [0.717, 1.165) is 41.7 Å². The fourth-order valence-corrected chi connectivity index (χ4v) is 2.09. The summed E-state index contributed by atoms with van der Waals surface area (Å²) in [6, 6.07) is 6.01. The van der Waals surface area contributed by atoms with E-state index in [1.165, 1.54) is 0 Å². The predicted molar refractivity (Wildman–Crippen MR) is 74.9 cm³/mol. The number of aliphatic hydroxyl groups excluding tert-OH is 1. The Bertz CT molecular complexity index is 620. The van der Waals surface area contributed by atoms with Gasteiger partial charge in [-0.05, 0) is 31.5 Å². The Morgan fingerprint density at radius 2 is 2.26 bits per heavy atom. The molecule has 0 radical (unpaired) electrons. The number of hydrogen-bond donors (Lipinski definition) is 1. The van der Waals surface area contributed by atoms with Gasteiger partial charge in [0.1, 0.15) is 6.61 Å². The summed E-state index contributed by atoms with van der Waals surface area (Å²) in [5.41, 5.74) is 3.00. The SMILES string of the molecule is COCCCn1nc(C)c2ccc(C#CCO)cc21. The summed E-state index contributed by atoms with van der Waals surface area (Å²) in [5, 5.41) is 14.4. The van der Waals surface area contributed by atoms with Crippen LogP contribution in [0.1, 0.15) is 17.7 Å². The molecule has 4 nitrogen and oxygen atoms in total. The second kappa shape index (κ2) is 6.37. The zero-order valence-electron chi connectivity index (χ0n) is 11.3. The molecule has 2 aromatic rings. The first-order chi connectivity index (χ1) is 9.26. The molecule has 1 N–H and O–H groups in total. The summed E-state index contributed by atoms with van der Waals surface area (Å²) < 4.78 is 7.06. The number of ether oxygens (including phenoxy) is 1. The van der Waals surface area contributed by atoms with Crippen molar-refractivity contribution in [2.24, 2.45) is 0 Å². The minimum absolute atomic E-state index is 0.121. The molecule has 0 unspecified atom stereocenters. The van der Waals surface area contributed by atoms with Gasteiger partial charge in [-0.3, -0.25) is 4.68 Å². The van der Waals surface area contributed by atoms with Crippen LogP contribution in [0, 0.1) is 18.8 Å². The lowest BCUT2D eigenvalue weighted by atomic mass is 10.1. The van der Waals surface area contributed by atoms with E-state index in [1.54, 1.807) is 7.11 Å². The zero-order valence-corrected chi connectivity index (χ0v) is 11.3. The van der Waals surface area contributed by atoms with Crippen LogP contribution in [-0.2, 0) is 11.3 Å². The zero-order chi connectivity index (χ0) is 13.7. The van der Waals surface area contributed by atoms with Crippen molar-refractivity contribution in [1.82, 2.24) is 9.78 Å². The minimum Gasteiger partial charge on any atom is -0.385 e. The van der Waals surface area contributed by atoms with Gasteiger partial charge in [-0.1, -0.05) is 11.8 Å². The van der Waals surface area contributed by atoms with Gasteiger partial charge in [0.15, 0.2) is 0 Å². The number of methoxy groups -OCH3 is 1. The Morgan fingerprint density at radius 1 is 1.42 bits per heavy atom. The fourth-order valence-electron chi connectivity index (χ4n) is 2.09. The largest absolute Gasteiger partial charge is 0.385 e. The molecule has 1 aromatic carbocycles. The highest BCUT2D eigenvalue weighted by molar-refractivity contribution is 5.83. The molecule has 4 heteroatoms. The Hall–Kier alpha value is -1.83. The lowest BCUT2D eigenvalue weighted by Gasteiger charge is -2.03. The van der Waals surface area contributed by atoms with Gasteiger partial charge in [-0.15, -0.1) is 0 Å². The van der Waals surface area contributed by atoms with Crippen molar-refractivity contribution >= 4 is 10.9 Å². The second-order valence-electron chi connectivity index (χ2n) is 4.35. The van der Waals surface area contributed by atoms with E-state index in [2.05, 4.69) is 16.9 Å². The molecule has 0 saturated carbocycles. The lowest BCUT2D eigenvalue weighted by Crippen LogP contribution is -2.03. The summed E-state index contributed by atoms with van der Waals surface area (Å²) in [6.07, 6.45) is 0.930. The maximum Gasteiger partial charge on any atom is 0.104 e. The first-order valence-corrected chi connectivity index (χ1v) is 6.32. The van der Waals surface area contributed by atoms with Gasteiger partial charge in [0, 0.05) is 31.2 Å². The molecular formula is C15H18N2O2. The minimum atomic E-state index is -0.121. The van der Waals surface area contributed by atoms with Crippen LogP contribution in [-0.4, -0.2) is 35.2 Å². The number of aryl methyl sites for hydroxylation is 2. The van der Waals surface area contributed by atoms with Crippen LogP contribution in [0.4, 0.5) is 0 Å². The van der Waals surface area contributed by atoms with Crippen molar-refractivity contribution in [3.05, 3.63) is 29.5 Å². The highest BCUT2D eigenvalue weighted by Crippen LogP contribution is 2.19. The highest BCUT2D eigenvalue weighted by Gasteiger charge is 2.07. The molecule has 0 aliphatic carbocycles. The first-order valence-electron chi connectivity index (χ1n) is 6.32. The van der Waals surface area contributed by atoms with Crippen LogP contribution >= 0.6 is 0 Å². The van der Waals surface area contributed by atoms with E-state index in [0.29, 0.717) is 0 Å². The number of nitrogens with zero attached hydrogens (tertiary/aromatic N) is 2. The average Bonchev–Trinajstić information content (AvgIpc) is 2.73. The Morgan fingerprint density at radius 3 is 3.00 bits per heavy atom. The van der Waals surface area contributed by atoms with Crippen LogP contribution < -0.4 is 0 Å². The van der Waals surface area contributed by atoms with E-state index in [4.69, 9.17) is 9.84 Å². The molecule has 1 heterocycles. The molecule has 0 fully saturated rings. The van der Waals surface area contributed by atoms with Crippen molar-refractivity contribution in [3.8, 4) is 11.8 Å². The van der Waals surface area contributed by atoms with E-state index in [9.17, 15) is 0 Å². The third-order valence-corrected chi connectivity index (χ3v) is 2.97. The Kier molecular flexibility index (Phi) is 4.56. The summed E-state index contributed by atoms with van der Waals surface area (Å²) in [6.45, 7) is 3.44. The number of benzene rings is 1. The van der Waals surface area contributed by atoms with Crippen molar-refractivity contribution in [1.29, 1.82) is 0 Å². The molecule has 19 heavy (non-hydrogen) atoms. The molecular weight excluding hydrogens is 240 g/mol. The fraction of sp³-hybridized carbons (Fsp3) is 0.400. The van der Waals surface area contributed by atoms with Crippen LogP contribution in [0.5, 0.6) is 0 Å². The summed E-state index contributed by atoms with van der Waals surface area (Å²) >= 11 is 0. The number of aromatic nitrogens is 2. The summed E-state index contributed by atoms with van der Waals surface area (Å²) in [7, 11) is 1.70. The van der Waals surface area contributed by atoms with Gasteiger partial charge in [-0.2, -0.15) is 5.10 Å². The number of rotatable bonds is 4. The standard InChI is InChI=1S/C15H18N2O2/c1-12-14-7-6-13(5-3-9-18)11-15(14)17(16-12)8-4-10-19-2/h6-7,11,18H,4,8-10H2,1-2H3. The van der Waals surface area contributed by atoms with Gasteiger partial charge in [-0.25, -0.2) is 0 Å². The van der Waals surface area contributed by atoms with E-state index in [-0.39, 0.29) is 6.61 Å². The molecule has 0 amide bonds. The maximum atomic E-state index is 8.74. The number of hydrogen-bond acceptors (Lipinski definition) is 3. The normalized spacial score (nSPS) is 10.5. The third kappa shape index (κ3) is 3.14. The smallest absolute Gasteiger partial charge is 0.104 e. The van der Waals surface area contributed by atoms with E-state index < -0.39 is 0 Å². The summed E-state index contributed by atoms with van der Waals surface area (Å²) in [4.78, 5) is 0. The molecule has 100 valence electrons. The third-order valence-electron chi connectivity index (χ3n) is 2.97. The van der Waals surface area contributed by atoms with Gasteiger partial charge >= 0.3 is 0 Å². The quantitative estimate of drug-likeness (QED) is 0.671. The van der Waals surface area contributed by atoms with Crippen LogP contribution in [0.3, 0.4) is 0 Å². The van der Waals surface area contributed by atoms with Gasteiger partial charge in [0.2, 0.25) is 0 Å². The van der Waals surface area contributed by atoms with Crippen LogP contribution in [0.25, 0.3) is 10.9 Å². The van der Waals surface area contributed by atoms with Crippen molar-refractivity contribution < 1.29 is 9.84 Å². The van der Waals surface area contributed by atoms with Crippen molar-refractivity contribution in [2.45, 2.75) is 19.9 Å². The molecule has 0 atom stereocenters. The number of fused-ring (bicyclic) bond motifs is 1. The Balaban J connectivity index is 2.35. The van der Waals surface area contributed by atoms with Crippen molar-refractivity contribution in [2.75, 3.05) is 20.3 Å². The maximum absolute atomic E-state index is 8.74. The van der Waals surface area contributed by atoms with Gasteiger partial charge in [0.05, 0.1) is 11.2 Å². The lowest BCUT2D eigenvalue weighted by molar-refractivity contribution is 0.189. The average molecular weight is 258 g/mol. The molecule has 1 aromatic heterocycles. The van der Waals surface area contributed by atoms with E-state index in [1.807, 2.05) is 29.8 Å². The first kappa shape index (κ1) is 13.6. The molecule has 0 saturated heterocycles. The predicted octanol–water partition coefficient (Wildman–Crippen LogP) is 1.73. The van der Waals surface area contributed by atoms with Gasteiger partial charge in [0.25, 0.3) is 0 Å². The summed E-state index contributed by atoms with van der Waals surface area (Å²) in [5.74, 6) is 5.59. The second-order valence-corrected chi connectivity index (χ2v) is 4.35. The number of aliphatic hydroxyl groups is 1. The van der Waals surface area contributed by atoms with E-state index >= 15 is 0 Å². The Labute approximate surface area is 113 Å². The molecule has 0 bridgehead atoms. The molecule has 0 spiro atoms. The molecule has 2 rings (SSSR count).